The zero-order valence-electron chi connectivity index (χ0n) is 27.0. The first-order chi connectivity index (χ1) is 19.9. The highest BCUT2D eigenvalue weighted by molar-refractivity contribution is 5.26. The first-order valence-corrected chi connectivity index (χ1v) is 18.0. The largest absolute Gasteiger partial charge is 0.393 e. The Morgan fingerprint density at radius 2 is 0.905 bits per heavy atom. The van der Waals surface area contributed by atoms with Crippen molar-refractivity contribution in [3.05, 3.63) is 23.3 Å². The van der Waals surface area contributed by atoms with Crippen molar-refractivity contribution < 1.29 is 20.4 Å². The van der Waals surface area contributed by atoms with E-state index in [2.05, 4.69) is 39.8 Å². The first-order valence-electron chi connectivity index (χ1n) is 18.0. The molecule has 6 fully saturated rings. The molecule has 4 heteroatoms. The average Bonchev–Trinajstić information content (AvgIpc) is 3.44. The van der Waals surface area contributed by atoms with Crippen LogP contribution >= 0.6 is 0 Å². The van der Waals surface area contributed by atoms with Crippen LogP contribution in [-0.4, -0.2) is 44.8 Å². The molecular weight excluding hydrogens is 520 g/mol. The molecule has 0 heterocycles. The quantitative estimate of drug-likeness (QED) is 0.226. The molecule has 0 spiro atoms. The predicted molar refractivity (Wildman–Crippen MR) is 167 cm³/mol. The lowest BCUT2D eigenvalue weighted by atomic mass is 9.48. The summed E-state index contributed by atoms with van der Waals surface area (Å²) in [6.07, 6.45) is 22.5. The molecule has 0 aliphatic heterocycles. The maximum atomic E-state index is 10.5. The Kier molecular flexibility index (Phi) is 7.45. The van der Waals surface area contributed by atoms with Gasteiger partial charge in [0.2, 0.25) is 0 Å². The summed E-state index contributed by atoms with van der Waals surface area (Å²) in [7, 11) is 0. The molecule has 42 heavy (non-hydrogen) atoms. The topological polar surface area (TPSA) is 80.9 Å². The van der Waals surface area contributed by atoms with Gasteiger partial charge in [-0.15, -0.1) is 0 Å². The second-order valence-corrected chi connectivity index (χ2v) is 17.6. The van der Waals surface area contributed by atoms with Gasteiger partial charge in [-0.2, -0.15) is 0 Å². The van der Waals surface area contributed by atoms with Gasteiger partial charge in [-0.1, -0.05) is 51.0 Å². The van der Waals surface area contributed by atoms with Gasteiger partial charge in [0.1, 0.15) is 0 Å². The fourth-order valence-corrected chi connectivity index (χ4v) is 13.2. The van der Waals surface area contributed by atoms with E-state index >= 15 is 0 Å². The Bertz CT molecular complexity index is 1030. The van der Waals surface area contributed by atoms with Crippen molar-refractivity contribution in [1.82, 2.24) is 0 Å². The highest BCUT2D eigenvalue weighted by Gasteiger charge is 2.60. The lowest BCUT2D eigenvalue weighted by molar-refractivity contribution is -0.0712. The van der Waals surface area contributed by atoms with E-state index in [1.165, 1.54) is 51.4 Å². The number of aliphatic hydroxyl groups excluding tert-OH is 4. The van der Waals surface area contributed by atoms with Gasteiger partial charge >= 0.3 is 0 Å². The monoisotopic (exact) mass is 580 g/mol. The van der Waals surface area contributed by atoms with Crippen LogP contribution in [0.2, 0.25) is 0 Å². The maximum Gasteiger partial charge on any atom is 0.0596 e. The average molecular weight is 581 g/mol. The summed E-state index contributed by atoms with van der Waals surface area (Å²) in [6.45, 7) is 9.63. The van der Waals surface area contributed by atoms with E-state index in [1.54, 1.807) is 11.1 Å². The summed E-state index contributed by atoms with van der Waals surface area (Å²) in [5.74, 6) is 4.54. The zero-order chi connectivity index (χ0) is 29.7. The van der Waals surface area contributed by atoms with E-state index in [1.807, 2.05) is 0 Å². The van der Waals surface area contributed by atoms with Crippen LogP contribution in [0.15, 0.2) is 23.3 Å². The van der Waals surface area contributed by atoms with Crippen molar-refractivity contribution in [3.63, 3.8) is 0 Å². The molecule has 0 amide bonds. The van der Waals surface area contributed by atoms with E-state index in [4.69, 9.17) is 0 Å². The lowest BCUT2D eigenvalue weighted by Crippen LogP contribution is -2.51. The van der Waals surface area contributed by atoms with Gasteiger partial charge in [0, 0.05) is 0 Å². The van der Waals surface area contributed by atoms with E-state index in [0.717, 1.165) is 75.0 Å². The van der Waals surface area contributed by atoms with Gasteiger partial charge in [0.15, 0.2) is 0 Å². The summed E-state index contributed by atoms with van der Waals surface area (Å²) in [4.78, 5) is 0. The molecule has 0 aromatic heterocycles. The number of fused-ring (bicyclic) bond motifs is 10. The molecule has 8 aliphatic carbocycles. The van der Waals surface area contributed by atoms with Crippen molar-refractivity contribution in [2.45, 2.75) is 155 Å². The Hall–Kier alpha value is -0.680. The number of hydrogen-bond acceptors (Lipinski definition) is 4. The van der Waals surface area contributed by atoms with Gasteiger partial charge < -0.3 is 20.4 Å². The third kappa shape index (κ3) is 4.34. The summed E-state index contributed by atoms with van der Waals surface area (Å²) in [6, 6.07) is 0. The van der Waals surface area contributed by atoms with Crippen molar-refractivity contribution in [2.24, 2.45) is 57.2 Å². The molecule has 4 nitrogen and oxygen atoms in total. The van der Waals surface area contributed by atoms with Gasteiger partial charge in [-0.25, -0.2) is 0 Å². The van der Waals surface area contributed by atoms with Crippen LogP contribution in [0.1, 0.15) is 130 Å². The highest BCUT2D eigenvalue weighted by Crippen LogP contribution is 2.66. The minimum Gasteiger partial charge on any atom is -0.393 e. The third-order valence-electron chi connectivity index (χ3n) is 16.1. The maximum absolute atomic E-state index is 10.5. The molecular formula is C38H60O4. The highest BCUT2D eigenvalue weighted by atomic mass is 16.3. The van der Waals surface area contributed by atoms with Gasteiger partial charge in [0.05, 0.1) is 24.4 Å². The summed E-state index contributed by atoms with van der Waals surface area (Å²) < 4.78 is 0. The molecule has 14 atom stereocenters. The van der Waals surface area contributed by atoms with Crippen molar-refractivity contribution >= 4 is 0 Å². The Labute approximate surface area is 255 Å². The summed E-state index contributed by atoms with van der Waals surface area (Å²) >= 11 is 0. The number of allylic oxidation sites excluding steroid dienone is 2. The second kappa shape index (κ2) is 10.4. The van der Waals surface area contributed by atoms with Crippen molar-refractivity contribution in [1.29, 1.82) is 0 Å². The molecule has 0 bridgehead atoms. The summed E-state index contributed by atoms with van der Waals surface area (Å²) in [5, 5.41) is 40.9. The molecule has 2 unspecified atom stereocenters. The fraction of sp³-hybridized carbons (Fsp3) is 0.895. The van der Waals surface area contributed by atoms with Crippen LogP contribution in [-0.2, 0) is 0 Å². The number of aliphatic hydroxyl groups is 4. The van der Waals surface area contributed by atoms with Crippen LogP contribution in [0.3, 0.4) is 0 Å². The number of hydrogen-bond donors (Lipinski definition) is 4. The van der Waals surface area contributed by atoms with E-state index in [0.29, 0.717) is 22.7 Å². The molecule has 8 rings (SSSR count). The van der Waals surface area contributed by atoms with E-state index < -0.39 is 0 Å². The van der Waals surface area contributed by atoms with Crippen LogP contribution in [0, 0.1) is 57.2 Å². The van der Waals surface area contributed by atoms with Gasteiger partial charge in [-0.05, 0) is 160 Å². The molecule has 8 aliphatic rings. The Balaban J connectivity index is 0.000000137. The van der Waals surface area contributed by atoms with Crippen molar-refractivity contribution in [2.75, 3.05) is 0 Å². The number of rotatable bonds is 0. The van der Waals surface area contributed by atoms with Crippen LogP contribution < -0.4 is 0 Å². The molecule has 236 valence electrons. The fourth-order valence-electron chi connectivity index (χ4n) is 13.2. The standard InChI is InChI=1S/2C19H30O2/c2*1-18-9-7-13(20)11-12(18)3-4-14-15-5-6-17(21)19(15,2)10-8-16(14)18/h2*3,13-17,20-21H,4-11H2,1-2H3/t13?,14-,15-,16-,17?,18-,19-;13-,14-,15-,16-,17-,18-,19-/m00/s1. The molecule has 0 saturated heterocycles. The Morgan fingerprint density at radius 3 is 1.31 bits per heavy atom. The minimum atomic E-state index is -0.108. The first kappa shape index (κ1) is 30.0. The third-order valence-corrected chi connectivity index (χ3v) is 16.1. The van der Waals surface area contributed by atoms with Crippen LogP contribution in [0.5, 0.6) is 0 Å². The summed E-state index contributed by atoms with van der Waals surface area (Å²) in [5.41, 5.74) is 4.11. The van der Waals surface area contributed by atoms with Crippen molar-refractivity contribution in [3.8, 4) is 0 Å². The molecule has 6 saturated carbocycles. The lowest BCUT2D eigenvalue weighted by Gasteiger charge is -2.57. The second-order valence-electron chi connectivity index (χ2n) is 17.6. The van der Waals surface area contributed by atoms with E-state index in [9.17, 15) is 20.4 Å². The zero-order valence-corrected chi connectivity index (χ0v) is 27.0. The Morgan fingerprint density at radius 1 is 0.500 bits per heavy atom. The van der Waals surface area contributed by atoms with Crippen LogP contribution in [0.4, 0.5) is 0 Å². The minimum absolute atomic E-state index is 0.0742. The molecule has 0 radical (unpaired) electrons. The normalized spacial score (nSPS) is 56.2. The van der Waals surface area contributed by atoms with Gasteiger partial charge in [-0.3, -0.25) is 0 Å². The van der Waals surface area contributed by atoms with Crippen LogP contribution in [0.25, 0.3) is 0 Å². The van der Waals surface area contributed by atoms with E-state index in [-0.39, 0.29) is 35.2 Å². The van der Waals surface area contributed by atoms with Gasteiger partial charge in [0.25, 0.3) is 0 Å². The molecule has 4 N–H and O–H groups in total. The molecule has 0 aromatic rings. The predicted octanol–water partition coefficient (Wildman–Crippen LogP) is 7.34. The SMILES string of the molecule is C[C@]12CCC(O)CC1=CC[C@@H]1[C@@H]2CC[C@]2(C)C(O)CC[C@@H]12.C[C@]12CC[C@H]3[C@@H](CC=C4C[C@@H](O)CC[C@@]43C)[C@@H]1CC[C@@H]2O. The molecule has 0 aromatic carbocycles. The smallest absolute Gasteiger partial charge is 0.0596 e.